The lowest BCUT2D eigenvalue weighted by Crippen LogP contribution is -2.41. The van der Waals surface area contributed by atoms with Gasteiger partial charge < -0.3 is 24.7 Å². The van der Waals surface area contributed by atoms with Gasteiger partial charge in [-0.3, -0.25) is 0 Å². The molecule has 1 aliphatic rings. The zero-order valence-electron chi connectivity index (χ0n) is 7.86. The van der Waals surface area contributed by atoms with Gasteiger partial charge in [0.05, 0.1) is 19.3 Å². The third kappa shape index (κ3) is 6.65. The van der Waals surface area contributed by atoms with E-state index in [0.29, 0.717) is 6.61 Å². The van der Waals surface area contributed by atoms with Gasteiger partial charge in [0.15, 0.2) is 0 Å². The van der Waals surface area contributed by atoms with Crippen LogP contribution in [0.2, 0.25) is 0 Å². The lowest BCUT2D eigenvalue weighted by molar-refractivity contribution is -0.113. The highest BCUT2D eigenvalue weighted by molar-refractivity contribution is 5.50. The predicted molar refractivity (Wildman–Crippen MR) is 47.6 cm³/mol. The molecule has 0 saturated carbocycles. The van der Waals surface area contributed by atoms with Crippen LogP contribution in [0.25, 0.3) is 0 Å². The molecule has 0 aromatic heterocycles. The Kier molecular flexibility index (Phi) is 9.24. The van der Waals surface area contributed by atoms with E-state index in [1.54, 1.807) is 0 Å². The largest absolute Gasteiger partial charge is 0.400 e. The first-order chi connectivity index (χ1) is 6.43. The monoisotopic (exact) mass is 191 g/mol. The van der Waals surface area contributed by atoms with Crippen LogP contribution in [0.4, 0.5) is 0 Å². The van der Waals surface area contributed by atoms with Crippen LogP contribution in [0.15, 0.2) is 0 Å². The van der Waals surface area contributed by atoms with Gasteiger partial charge in [0, 0.05) is 20.2 Å². The fourth-order valence-corrected chi connectivity index (χ4v) is 0.974. The summed E-state index contributed by atoms with van der Waals surface area (Å²) in [4.78, 5) is 9.87. The number of nitrogens with one attached hydrogen (secondary N) is 1. The van der Waals surface area contributed by atoms with Crippen LogP contribution < -0.4 is 5.32 Å². The highest BCUT2D eigenvalue weighted by Gasteiger charge is 2.12. The number of aliphatic hydroxyl groups is 1. The second-order valence-electron chi connectivity index (χ2n) is 2.40. The van der Waals surface area contributed by atoms with Crippen LogP contribution in [0.5, 0.6) is 0 Å². The molecule has 0 bridgehead atoms. The third-order valence-electron chi connectivity index (χ3n) is 1.49. The molecule has 1 heterocycles. The molecule has 1 atom stereocenters. The number of ether oxygens (including phenoxy) is 2. The minimum atomic E-state index is 0.115. The number of carbonyl (C=O) groups excluding carboxylic acids is 1. The number of carbonyl (C=O) groups is 1. The highest BCUT2D eigenvalue weighted by Crippen LogP contribution is 1.95. The molecule has 0 spiro atoms. The smallest absolute Gasteiger partial charge is 0.145 e. The Bertz CT molecular complexity index is 115. The van der Waals surface area contributed by atoms with E-state index in [9.17, 15) is 4.79 Å². The van der Waals surface area contributed by atoms with E-state index >= 15 is 0 Å². The van der Waals surface area contributed by atoms with Crippen LogP contribution in [0, 0.1) is 0 Å². The Morgan fingerprint density at radius 3 is 3.00 bits per heavy atom. The number of morpholine rings is 1. The summed E-state index contributed by atoms with van der Waals surface area (Å²) in [5, 5.41) is 10.2. The Morgan fingerprint density at radius 2 is 2.46 bits per heavy atom. The second-order valence-corrected chi connectivity index (χ2v) is 2.40. The molecule has 0 aromatic rings. The maximum absolute atomic E-state index is 9.87. The summed E-state index contributed by atoms with van der Waals surface area (Å²) in [6.45, 7) is 3.13. The van der Waals surface area contributed by atoms with Crippen molar-refractivity contribution < 1.29 is 19.4 Å². The molecular formula is C8H17NO4. The summed E-state index contributed by atoms with van der Waals surface area (Å²) in [5.41, 5.74) is 0. The van der Waals surface area contributed by atoms with Crippen molar-refractivity contribution in [1.29, 1.82) is 0 Å². The van der Waals surface area contributed by atoms with Crippen LogP contribution in [0.3, 0.4) is 0 Å². The maximum atomic E-state index is 9.87. The van der Waals surface area contributed by atoms with E-state index in [1.807, 2.05) is 0 Å². The summed E-state index contributed by atoms with van der Waals surface area (Å²) < 4.78 is 10.3. The lowest BCUT2D eigenvalue weighted by atomic mass is 10.3. The van der Waals surface area contributed by atoms with Crippen LogP contribution in [0.1, 0.15) is 0 Å². The number of hydrogen-bond acceptors (Lipinski definition) is 5. The molecule has 0 aliphatic carbocycles. The first-order valence-electron chi connectivity index (χ1n) is 4.22. The maximum Gasteiger partial charge on any atom is 0.145 e. The minimum Gasteiger partial charge on any atom is -0.400 e. The third-order valence-corrected chi connectivity index (χ3v) is 1.49. The summed E-state index contributed by atoms with van der Waals surface area (Å²) in [5.74, 6) is 0. The fraction of sp³-hybridized carbons (Fsp3) is 0.875. The normalized spacial score (nSPS) is 21.5. The number of rotatable bonds is 4. The average Bonchev–Trinajstić information content (AvgIpc) is 2.23. The average molecular weight is 191 g/mol. The van der Waals surface area contributed by atoms with Gasteiger partial charge in [0.2, 0.25) is 0 Å². The molecule has 78 valence electrons. The lowest BCUT2D eigenvalue weighted by Gasteiger charge is -2.22. The van der Waals surface area contributed by atoms with Gasteiger partial charge in [-0.25, -0.2) is 0 Å². The number of aldehydes is 1. The quantitative estimate of drug-likeness (QED) is 0.431. The molecule has 1 fully saturated rings. The van der Waals surface area contributed by atoms with E-state index in [0.717, 1.165) is 33.1 Å². The van der Waals surface area contributed by atoms with Crippen molar-refractivity contribution in [3.8, 4) is 0 Å². The van der Waals surface area contributed by atoms with Crippen molar-refractivity contribution in [2.24, 2.45) is 0 Å². The Morgan fingerprint density at radius 1 is 1.69 bits per heavy atom. The van der Waals surface area contributed by atoms with E-state index < -0.39 is 0 Å². The zero-order valence-corrected chi connectivity index (χ0v) is 7.86. The van der Waals surface area contributed by atoms with E-state index in [1.165, 1.54) is 0 Å². The van der Waals surface area contributed by atoms with Crippen molar-refractivity contribution in [2.45, 2.75) is 6.10 Å². The number of hydrogen-bond donors (Lipinski definition) is 2. The number of aliphatic hydroxyl groups excluding tert-OH is 1. The van der Waals surface area contributed by atoms with Gasteiger partial charge in [-0.2, -0.15) is 0 Å². The summed E-state index contributed by atoms with van der Waals surface area (Å²) in [6.07, 6.45) is 0.861. The van der Waals surface area contributed by atoms with E-state index in [4.69, 9.17) is 14.6 Å². The van der Waals surface area contributed by atoms with Crippen molar-refractivity contribution in [3.63, 3.8) is 0 Å². The molecule has 1 saturated heterocycles. The molecule has 5 nitrogen and oxygen atoms in total. The molecule has 13 heavy (non-hydrogen) atoms. The summed E-state index contributed by atoms with van der Waals surface area (Å²) in [6, 6.07) is 0. The molecule has 5 heteroatoms. The molecule has 1 rings (SSSR count). The van der Waals surface area contributed by atoms with Crippen molar-refractivity contribution in [1.82, 2.24) is 5.32 Å². The van der Waals surface area contributed by atoms with Gasteiger partial charge >= 0.3 is 0 Å². The summed E-state index contributed by atoms with van der Waals surface area (Å²) >= 11 is 0. The zero-order chi connectivity index (χ0) is 9.94. The van der Waals surface area contributed by atoms with Crippen molar-refractivity contribution in [2.75, 3.05) is 40.0 Å². The Balaban J connectivity index is 0.000000671. The van der Waals surface area contributed by atoms with Crippen LogP contribution in [-0.2, 0) is 14.3 Å². The van der Waals surface area contributed by atoms with Crippen LogP contribution >= 0.6 is 0 Å². The van der Waals surface area contributed by atoms with Crippen LogP contribution in [-0.4, -0.2) is 57.5 Å². The van der Waals surface area contributed by atoms with Crippen molar-refractivity contribution in [3.05, 3.63) is 0 Å². The van der Waals surface area contributed by atoms with E-state index in [-0.39, 0.29) is 12.7 Å². The molecule has 1 unspecified atom stereocenters. The SMILES string of the molecule is CO.O=CCOCC1CNCCO1. The summed E-state index contributed by atoms with van der Waals surface area (Å²) in [7, 11) is 1.00. The topological polar surface area (TPSA) is 67.8 Å². The molecule has 2 N–H and O–H groups in total. The first-order valence-corrected chi connectivity index (χ1v) is 4.22. The second kappa shape index (κ2) is 9.60. The van der Waals surface area contributed by atoms with Gasteiger partial charge in [0.25, 0.3) is 0 Å². The first kappa shape index (κ1) is 12.5. The van der Waals surface area contributed by atoms with Crippen molar-refractivity contribution >= 4 is 6.29 Å². The Hall–Kier alpha value is -0.490. The molecule has 0 aromatic carbocycles. The standard InChI is InChI=1S/C7H13NO3.CH4O/c9-2-4-10-6-7-5-8-1-3-11-7;1-2/h2,7-8H,1,3-6H2;2H,1H3. The molecular weight excluding hydrogens is 174 g/mol. The predicted octanol–water partition coefficient (Wildman–Crippen LogP) is -1.20. The van der Waals surface area contributed by atoms with Gasteiger partial charge in [0.1, 0.15) is 12.9 Å². The van der Waals surface area contributed by atoms with Gasteiger partial charge in [-0.05, 0) is 0 Å². The fourth-order valence-electron chi connectivity index (χ4n) is 0.974. The molecule has 1 aliphatic heterocycles. The van der Waals surface area contributed by atoms with Gasteiger partial charge in [-0.1, -0.05) is 0 Å². The Labute approximate surface area is 78.0 Å². The minimum absolute atomic E-state index is 0.115. The highest BCUT2D eigenvalue weighted by atomic mass is 16.5. The van der Waals surface area contributed by atoms with Gasteiger partial charge in [-0.15, -0.1) is 0 Å². The molecule has 0 amide bonds. The van der Waals surface area contributed by atoms with E-state index in [2.05, 4.69) is 5.32 Å². The molecule has 0 radical (unpaired) electrons.